The SMILES string of the molecule is CC(C)(C)[Si](C)(C)OCCc1ccccc1C[P+](c1ccccc1)(c1ccccc1)c1ccccc1.[Br-]. The topological polar surface area (TPSA) is 9.23 Å². The second-order valence-electron chi connectivity index (χ2n) is 11.1. The van der Waals surface area contributed by atoms with Crippen LogP contribution in [0.5, 0.6) is 0 Å². The molecule has 0 saturated heterocycles. The zero-order valence-corrected chi connectivity index (χ0v) is 26.3. The average Bonchev–Trinajstić information content (AvgIpc) is 2.89. The molecule has 0 amide bonds. The Morgan fingerprint density at radius 3 is 1.38 bits per heavy atom. The molecule has 4 rings (SSSR count). The van der Waals surface area contributed by atoms with Gasteiger partial charge in [0.1, 0.15) is 23.2 Å². The molecule has 0 unspecified atom stereocenters. The van der Waals surface area contributed by atoms with Gasteiger partial charge in [-0.15, -0.1) is 0 Å². The van der Waals surface area contributed by atoms with Crippen LogP contribution in [0.4, 0.5) is 0 Å². The maximum atomic E-state index is 6.58. The van der Waals surface area contributed by atoms with Gasteiger partial charge in [0.2, 0.25) is 0 Å². The highest BCUT2D eigenvalue weighted by Gasteiger charge is 2.45. The number of rotatable bonds is 9. The molecule has 37 heavy (non-hydrogen) atoms. The summed E-state index contributed by atoms with van der Waals surface area (Å²) in [5.74, 6) is 0. The Labute approximate surface area is 236 Å². The smallest absolute Gasteiger partial charge is 0.191 e. The van der Waals surface area contributed by atoms with E-state index in [0.717, 1.165) is 19.2 Å². The van der Waals surface area contributed by atoms with Crippen LogP contribution >= 0.6 is 7.26 Å². The third kappa shape index (κ3) is 6.70. The summed E-state index contributed by atoms with van der Waals surface area (Å²) in [5, 5.41) is 4.50. The molecular weight excluding hydrogens is 551 g/mol. The van der Waals surface area contributed by atoms with Gasteiger partial charge in [0.05, 0.1) is 6.16 Å². The summed E-state index contributed by atoms with van der Waals surface area (Å²) >= 11 is 0. The molecule has 0 aromatic heterocycles. The Hall–Kier alpha value is -2.03. The Morgan fingerprint density at radius 2 is 0.973 bits per heavy atom. The van der Waals surface area contributed by atoms with Gasteiger partial charge < -0.3 is 21.4 Å². The molecule has 0 aliphatic heterocycles. The first kappa shape index (κ1) is 29.5. The molecule has 0 atom stereocenters. The fourth-order valence-corrected chi connectivity index (χ4v) is 9.96. The lowest BCUT2D eigenvalue weighted by Crippen LogP contribution is -3.00. The number of halogens is 1. The quantitative estimate of drug-likeness (QED) is 0.202. The van der Waals surface area contributed by atoms with Crippen LogP contribution in [0.2, 0.25) is 18.1 Å². The van der Waals surface area contributed by atoms with Crippen molar-refractivity contribution in [2.75, 3.05) is 6.61 Å². The maximum Gasteiger partial charge on any atom is 0.191 e. The van der Waals surface area contributed by atoms with Gasteiger partial charge in [0.25, 0.3) is 0 Å². The minimum absolute atomic E-state index is 0. The monoisotopic (exact) mass is 590 g/mol. The van der Waals surface area contributed by atoms with Gasteiger partial charge in [0, 0.05) is 6.61 Å². The molecule has 0 aliphatic rings. The van der Waals surface area contributed by atoms with Crippen LogP contribution in [-0.4, -0.2) is 14.9 Å². The van der Waals surface area contributed by atoms with E-state index < -0.39 is 15.6 Å². The van der Waals surface area contributed by atoms with Crippen molar-refractivity contribution in [3.63, 3.8) is 0 Å². The highest BCUT2D eigenvalue weighted by atomic mass is 79.9. The maximum absolute atomic E-state index is 6.58. The minimum atomic E-state index is -1.93. The molecule has 0 bridgehead atoms. The van der Waals surface area contributed by atoms with E-state index in [0.29, 0.717) is 0 Å². The molecule has 1 nitrogen and oxygen atoms in total. The van der Waals surface area contributed by atoms with Crippen molar-refractivity contribution in [2.45, 2.75) is 51.5 Å². The van der Waals surface area contributed by atoms with Gasteiger partial charge in [-0.3, -0.25) is 0 Å². The molecule has 0 N–H and O–H groups in total. The van der Waals surface area contributed by atoms with Crippen LogP contribution in [0.3, 0.4) is 0 Å². The van der Waals surface area contributed by atoms with E-state index in [1.165, 1.54) is 27.0 Å². The lowest BCUT2D eigenvalue weighted by Gasteiger charge is -2.36. The van der Waals surface area contributed by atoms with Crippen molar-refractivity contribution in [3.05, 3.63) is 126 Å². The van der Waals surface area contributed by atoms with Gasteiger partial charge in [-0.2, -0.15) is 0 Å². The van der Waals surface area contributed by atoms with E-state index in [1.54, 1.807) is 0 Å². The largest absolute Gasteiger partial charge is 1.00 e. The van der Waals surface area contributed by atoms with Crippen molar-refractivity contribution < 1.29 is 21.4 Å². The molecule has 0 fully saturated rings. The van der Waals surface area contributed by atoms with Crippen molar-refractivity contribution >= 4 is 31.5 Å². The van der Waals surface area contributed by atoms with Crippen molar-refractivity contribution in [1.82, 2.24) is 0 Å². The first-order valence-corrected chi connectivity index (χ1v) is 17.9. The molecule has 4 aromatic carbocycles. The van der Waals surface area contributed by atoms with Crippen molar-refractivity contribution in [3.8, 4) is 0 Å². The normalized spacial score (nSPS) is 12.1. The van der Waals surface area contributed by atoms with Crippen molar-refractivity contribution in [1.29, 1.82) is 0 Å². The highest BCUT2D eigenvalue weighted by Crippen LogP contribution is 2.58. The fraction of sp³-hybridized carbons (Fsp3) is 0.273. The van der Waals surface area contributed by atoms with Crippen LogP contribution < -0.4 is 32.9 Å². The first-order valence-electron chi connectivity index (χ1n) is 13.0. The Morgan fingerprint density at radius 1 is 0.595 bits per heavy atom. The second kappa shape index (κ2) is 12.7. The van der Waals surface area contributed by atoms with Crippen LogP contribution in [0.25, 0.3) is 0 Å². The summed E-state index contributed by atoms with van der Waals surface area (Å²) in [7, 11) is -3.70. The average molecular weight is 592 g/mol. The zero-order valence-electron chi connectivity index (χ0n) is 22.8. The predicted molar refractivity (Wildman–Crippen MR) is 162 cm³/mol. The Bertz CT molecular complexity index is 1140. The summed E-state index contributed by atoms with van der Waals surface area (Å²) in [4.78, 5) is 0. The highest BCUT2D eigenvalue weighted by molar-refractivity contribution is 7.95. The van der Waals surface area contributed by atoms with E-state index >= 15 is 0 Å². The fourth-order valence-electron chi connectivity index (χ4n) is 4.61. The van der Waals surface area contributed by atoms with Crippen LogP contribution in [0, 0.1) is 0 Å². The predicted octanol–water partition coefficient (Wildman–Crippen LogP) is 4.75. The molecule has 194 valence electrons. The van der Waals surface area contributed by atoms with Crippen LogP contribution in [0.15, 0.2) is 115 Å². The molecule has 0 radical (unpaired) electrons. The molecule has 4 aromatic rings. The summed E-state index contributed by atoms with van der Waals surface area (Å²) in [5.41, 5.74) is 2.84. The zero-order chi connectivity index (χ0) is 25.7. The molecule has 0 heterocycles. The van der Waals surface area contributed by atoms with E-state index in [1.807, 2.05) is 0 Å². The molecule has 4 heteroatoms. The molecular formula is C33H40BrOPSi. The van der Waals surface area contributed by atoms with Crippen LogP contribution in [-0.2, 0) is 17.0 Å². The van der Waals surface area contributed by atoms with E-state index in [9.17, 15) is 0 Å². The van der Waals surface area contributed by atoms with E-state index in [4.69, 9.17) is 4.43 Å². The van der Waals surface area contributed by atoms with E-state index in [2.05, 4.69) is 149 Å². The third-order valence-electron chi connectivity index (χ3n) is 7.76. The summed E-state index contributed by atoms with van der Waals surface area (Å²) in [6, 6.07) is 42.5. The number of benzene rings is 4. The number of hydrogen-bond acceptors (Lipinski definition) is 1. The second-order valence-corrected chi connectivity index (χ2v) is 19.4. The van der Waals surface area contributed by atoms with Crippen molar-refractivity contribution in [2.24, 2.45) is 0 Å². The van der Waals surface area contributed by atoms with Gasteiger partial charge in [-0.25, -0.2) is 0 Å². The molecule has 0 spiro atoms. The van der Waals surface area contributed by atoms with Gasteiger partial charge >= 0.3 is 0 Å². The lowest BCUT2D eigenvalue weighted by molar-refractivity contribution is -0.00000839. The summed E-state index contributed by atoms with van der Waals surface area (Å²) in [6.07, 6.45) is 1.95. The van der Waals surface area contributed by atoms with Gasteiger partial charge in [-0.1, -0.05) is 99.6 Å². The molecule has 0 aliphatic carbocycles. The minimum Gasteiger partial charge on any atom is -1.00 e. The lowest BCUT2D eigenvalue weighted by atomic mass is 10.1. The first-order chi connectivity index (χ1) is 17.2. The van der Waals surface area contributed by atoms with E-state index in [-0.39, 0.29) is 22.0 Å². The summed E-state index contributed by atoms with van der Waals surface area (Å²) < 4.78 is 6.58. The standard InChI is InChI=1S/C33H40OPSi.BrH/c1-33(2,3)36(4,5)34-26-25-28-17-15-16-18-29(28)27-35(30-19-9-6-10-20-30,31-21-11-7-12-22-31)32-23-13-8-14-24-32;/h6-24H,25-27H2,1-5H3;1H/q+1;/p-1. The Kier molecular flexibility index (Phi) is 10.1. The van der Waals surface area contributed by atoms with Gasteiger partial charge in [0.15, 0.2) is 8.32 Å². The van der Waals surface area contributed by atoms with Crippen LogP contribution in [0.1, 0.15) is 31.9 Å². The number of hydrogen-bond donors (Lipinski definition) is 0. The van der Waals surface area contributed by atoms with Gasteiger partial charge in [-0.05, 0) is 72.1 Å². The summed E-state index contributed by atoms with van der Waals surface area (Å²) in [6.45, 7) is 12.4. The molecule has 0 saturated carbocycles. The third-order valence-corrected chi connectivity index (χ3v) is 16.6. The Balaban J connectivity index is 0.00000380.